The average molecular weight is 224 g/mol. The molecular formula is C11H20N4O. The molecule has 0 fully saturated rings. The van der Waals surface area contributed by atoms with Gasteiger partial charge >= 0.3 is 0 Å². The zero-order valence-corrected chi connectivity index (χ0v) is 10.1. The minimum atomic E-state index is 0.196. The quantitative estimate of drug-likeness (QED) is 0.766. The first kappa shape index (κ1) is 12.7. The van der Waals surface area contributed by atoms with Gasteiger partial charge in [0, 0.05) is 12.8 Å². The van der Waals surface area contributed by atoms with Crippen molar-refractivity contribution in [2.45, 2.75) is 26.8 Å². The number of hydrogen-bond acceptors (Lipinski definition) is 5. The molecule has 1 atom stereocenters. The van der Waals surface area contributed by atoms with Gasteiger partial charge in [-0.2, -0.15) is 4.98 Å². The van der Waals surface area contributed by atoms with Gasteiger partial charge in [-0.25, -0.2) is 4.98 Å². The maximum atomic E-state index is 5.59. The van der Waals surface area contributed by atoms with Crippen molar-refractivity contribution >= 4 is 11.8 Å². The molecule has 1 rings (SSSR count). The Kier molecular flexibility index (Phi) is 4.98. The molecule has 1 heterocycles. The van der Waals surface area contributed by atoms with Gasteiger partial charge in [0.25, 0.3) is 0 Å². The van der Waals surface area contributed by atoms with Crippen LogP contribution in [0.3, 0.4) is 0 Å². The Balaban J connectivity index is 2.60. The second-order valence-corrected chi connectivity index (χ2v) is 3.96. The number of anilines is 2. The molecule has 1 aromatic heterocycles. The van der Waals surface area contributed by atoms with Crippen molar-refractivity contribution in [2.24, 2.45) is 5.92 Å². The lowest BCUT2D eigenvalue weighted by atomic mass is 10.1. The Morgan fingerprint density at radius 3 is 2.81 bits per heavy atom. The smallest absolute Gasteiger partial charge is 0.224 e. The second kappa shape index (κ2) is 6.27. The normalized spacial score (nSPS) is 12.8. The van der Waals surface area contributed by atoms with Crippen LogP contribution < -0.4 is 11.1 Å². The SMILES string of the molecule is CCOCC(Nc1nccc(N)n1)C(C)C. The van der Waals surface area contributed by atoms with Crippen molar-refractivity contribution in [1.29, 1.82) is 0 Å². The molecule has 16 heavy (non-hydrogen) atoms. The summed E-state index contributed by atoms with van der Waals surface area (Å²) in [7, 11) is 0. The summed E-state index contributed by atoms with van der Waals surface area (Å²) in [4.78, 5) is 8.22. The minimum Gasteiger partial charge on any atom is -0.384 e. The van der Waals surface area contributed by atoms with Crippen molar-refractivity contribution < 1.29 is 4.74 Å². The third-order valence-electron chi connectivity index (χ3n) is 2.30. The van der Waals surface area contributed by atoms with Crippen LogP contribution >= 0.6 is 0 Å². The predicted molar refractivity (Wildman–Crippen MR) is 65.2 cm³/mol. The number of rotatable bonds is 6. The molecule has 0 radical (unpaired) electrons. The highest BCUT2D eigenvalue weighted by atomic mass is 16.5. The Labute approximate surface area is 96.4 Å². The number of aromatic nitrogens is 2. The lowest BCUT2D eigenvalue weighted by Crippen LogP contribution is -2.31. The van der Waals surface area contributed by atoms with E-state index in [9.17, 15) is 0 Å². The van der Waals surface area contributed by atoms with Gasteiger partial charge in [0.05, 0.1) is 12.6 Å². The van der Waals surface area contributed by atoms with Gasteiger partial charge in [-0.1, -0.05) is 13.8 Å². The third kappa shape index (κ3) is 4.02. The zero-order valence-electron chi connectivity index (χ0n) is 10.1. The number of nitrogens with two attached hydrogens (primary N) is 1. The summed E-state index contributed by atoms with van der Waals surface area (Å²) in [5.74, 6) is 1.46. The van der Waals surface area contributed by atoms with E-state index < -0.39 is 0 Å². The van der Waals surface area contributed by atoms with E-state index in [4.69, 9.17) is 10.5 Å². The van der Waals surface area contributed by atoms with Gasteiger partial charge in [0.15, 0.2) is 0 Å². The molecule has 5 nitrogen and oxygen atoms in total. The summed E-state index contributed by atoms with van der Waals surface area (Å²) in [6.07, 6.45) is 1.64. The number of hydrogen-bond donors (Lipinski definition) is 2. The molecule has 1 unspecified atom stereocenters. The van der Waals surface area contributed by atoms with Gasteiger partial charge in [-0.05, 0) is 18.9 Å². The monoisotopic (exact) mass is 224 g/mol. The molecule has 1 aromatic rings. The van der Waals surface area contributed by atoms with Crippen molar-refractivity contribution in [3.05, 3.63) is 12.3 Å². The molecule has 0 amide bonds. The fourth-order valence-electron chi connectivity index (χ4n) is 1.25. The first-order valence-corrected chi connectivity index (χ1v) is 5.56. The number of nitrogens with zero attached hydrogens (tertiary/aromatic N) is 2. The summed E-state index contributed by atoms with van der Waals surface area (Å²) in [6.45, 7) is 7.59. The van der Waals surface area contributed by atoms with Crippen molar-refractivity contribution in [3.63, 3.8) is 0 Å². The van der Waals surface area contributed by atoms with E-state index in [1.165, 1.54) is 0 Å². The highest BCUT2D eigenvalue weighted by Gasteiger charge is 2.14. The highest BCUT2D eigenvalue weighted by molar-refractivity contribution is 5.35. The maximum absolute atomic E-state index is 5.59. The van der Waals surface area contributed by atoms with Gasteiger partial charge in [0.1, 0.15) is 5.82 Å². The fraction of sp³-hybridized carbons (Fsp3) is 0.636. The summed E-state index contributed by atoms with van der Waals surface area (Å²) < 4.78 is 5.41. The number of nitrogen functional groups attached to an aromatic ring is 1. The molecule has 0 saturated heterocycles. The van der Waals surface area contributed by atoms with Crippen molar-refractivity contribution in [3.8, 4) is 0 Å². The molecule has 5 heteroatoms. The van der Waals surface area contributed by atoms with E-state index in [0.29, 0.717) is 30.9 Å². The molecular weight excluding hydrogens is 204 g/mol. The van der Waals surface area contributed by atoms with Crippen LogP contribution in [0.15, 0.2) is 12.3 Å². The molecule has 0 spiro atoms. The van der Waals surface area contributed by atoms with Gasteiger partial charge in [-0.15, -0.1) is 0 Å². The van der Waals surface area contributed by atoms with Crippen LogP contribution in [0.1, 0.15) is 20.8 Å². The molecule has 0 saturated carbocycles. The van der Waals surface area contributed by atoms with Crippen LogP contribution in [0.4, 0.5) is 11.8 Å². The zero-order chi connectivity index (χ0) is 12.0. The molecule has 0 aliphatic rings. The maximum Gasteiger partial charge on any atom is 0.224 e. The molecule has 3 N–H and O–H groups in total. The van der Waals surface area contributed by atoms with Crippen molar-refractivity contribution in [1.82, 2.24) is 9.97 Å². The average Bonchev–Trinajstić information content (AvgIpc) is 2.24. The predicted octanol–water partition coefficient (Wildman–Crippen LogP) is 1.53. The second-order valence-electron chi connectivity index (χ2n) is 3.96. The van der Waals surface area contributed by atoms with Gasteiger partial charge in [-0.3, -0.25) is 0 Å². The molecule has 0 aliphatic heterocycles. The lowest BCUT2D eigenvalue weighted by Gasteiger charge is -2.21. The Hall–Kier alpha value is -1.36. The first-order chi connectivity index (χ1) is 7.63. The topological polar surface area (TPSA) is 73.1 Å². The fourth-order valence-corrected chi connectivity index (χ4v) is 1.25. The van der Waals surface area contributed by atoms with E-state index >= 15 is 0 Å². The Morgan fingerprint density at radius 1 is 1.50 bits per heavy atom. The van der Waals surface area contributed by atoms with Crippen LogP contribution in [0.25, 0.3) is 0 Å². The highest BCUT2D eigenvalue weighted by Crippen LogP contribution is 2.09. The van der Waals surface area contributed by atoms with Crippen LogP contribution in [-0.2, 0) is 4.74 Å². The van der Waals surface area contributed by atoms with Crippen LogP contribution in [0.2, 0.25) is 0 Å². The van der Waals surface area contributed by atoms with E-state index in [1.807, 2.05) is 6.92 Å². The number of ether oxygens (including phenoxy) is 1. The summed E-state index contributed by atoms with van der Waals surface area (Å²) in [5.41, 5.74) is 5.59. The first-order valence-electron chi connectivity index (χ1n) is 5.56. The van der Waals surface area contributed by atoms with Gasteiger partial charge in [0.2, 0.25) is 5.95 Å². The summed E-state index contributed by atoms with van der Waals surface area (Å²) in [5, 5.41) is 3.23. The van der Waals surface area contributed by atoms with Crippen LogP contribution in [0, 0.1) is 5.92 Å². The molecule has 0 bridgehead atoms. The van der Waals surface area contributed by atoms with Gasteiger partial charge < -0.3 is 15.8 Å². The Bertz CT molecular complexity index is 317. The standard InChI is InChI=1S/C11H20N4O/c1-4-16-7-9(8(2)3)14-11-13-6-5-10(12)15-11/h5-6,8-9H,4,7H2,1-3H3,(H3,12,13,14,15). The molecule has 90 valence electrons. The van der Waals surface area contributed by atoms with Crippen molar-refractivity contribution in [2.75, 3.05) is 24.3 Å². The third-order valence-corrected chi connectivity index (χ3v) is 2.30. The van der Waals surface area contributed by atoms with E-state index in [-0.39, 0.29) is 6.04 Å². The Morgan fingerprint density at radius 2 is 2.25 bits per heavy atom. The van der Waals surface area contributed by atoms with Crippen LogP contribution in [-0.4, -0.2) is 29.2 Å². The summed E-state index contributed by atoms with van der Waals surface area (Å²) in [6, 6.07) is 1.86. The molecule has 0 aromatic carbocycles. The lowest BCUT2D eigenvalue weighted by molar-refractivity contribution is 0.126. The summed E-state index contributed by atoms with van der Waals surface area (Å²) >= 11 is 0. The van der Waals surface area contributed by atoms with E-state index in [0.717, 1.165) is 0 Å². The number of nitrogens with one attached hydrogen (secondary N) is 1. The van der Waals surface area contributed by atoms with Crippen LogP contribution in [0.5, 0.6) is 0 Å². The minimum absolute atomic E-state index is 0.196. The van der Waals surface area contributed by atoms with E-state index in [1.54, 1.807) is 12.3 Å². The molecule has 0 aliphatic carbocycles. The largest absolute Gasteiger partial charge is 0.384 e. The van der Waals surface area contributed by atoms with E-state index in [2.05, 4.69) is 29.1 Å².